The van der Waals surface area contributed by atoms with Gasteiger partial charge in [-0.2, -0.15) is 0 Å². The largest absolute Gasteiger partial charge is 0.253 e. The maximum absolute atomic E-state index is 4.80. The van der Waals surface area contributed by atoms with E-state index in [1.54, 1.807) is 12.4 Å². The standard InChI is InChI=1S/C36H25N5/c1-24-23-28(34-39-35(32-13-4-6-21-37-32)41-36(40-34)33-14-5-7-22-38-33)19-20-29(24)26-15-17-27(18-16-26)31-12-8-10-25-9-2-3-11-30(25)31/h2-23H,1H3. The lowest BCUT2D eigenvalue weighted by Gasteiger charge is -2.12. The van der Waals surface area contributed by atoms with Gasteiger partial charge in [0.2, 0.25) is 0 Å². The van der Waals surface area contributed by atoms with Gasteiger partial charge in [-0.1, -0.05) is 91.0 Å². The molecule has 0 saturated heterocycles. The topological polar surface area (TPSA) is 64.5 Å². The van der Waals surface area contributed by atoms with Crippen LogP contribution in [0.3, 0.4) is 0 Å². The van der Waals surface area contributed by atoms with Crippen molar-refractivity contribution in [3.05, 3.63) is 139 Å². The Hall–Kier alpha value is -5.55. The summed E-state index contributed by atoms with van der Waals surface area (Å²) in [5, 5.41) is 2.51. The van der Waals surface area contributed by atoms with Crippen LogP contribution in [0.15, 0.2) is 134 Å². The quantitative estimate of drug-likeness (QED) is 0.225. The van der Waals surface area contributed by atoms with E-state index in [0.29, 0.717) is 28.9 Å². The van der Waals surface area contributed by atoms with Crippen molar-refractivity contribution in [3.8, 4) is 56.7 Å². The molecule has 7 aromatic rings. The van der Waals surface area contributed by atoms with Crippen LogP contribution >= 0.6 is 0 Å². The number of pyridine rings is 2. The van der Waals surface area contributed by atoms with Crippen molar-refractivity contribution < 1.29 is 0 Å². The van der Waals surface area contributed by atoms with E-state index in [4.69, 9.17) is 15.0 Å². The van der Waals surface area contributed by atoms with E-state index >= 15 is 0 Å². The molecule has 0 saturated carbocycles. The molecular formula is C36H25N5. The van der Waals surface area contributed by atoms with Crippen LogP contribution in [0.25, 0.3) is 67.5 Å². The number of rotatable bonds is 5. The highest BCUT2D eigenvalue weighted by Crippen LogP contribution is 2.33. The van der Waals surface area contributed by atoms with Gasteiger partial charge in [0.05, 0.1) is 0 Å². The second kappa shape index (κ2) is 10.5. The lowest BCUT2D eigenvalue weighted by molar-refractivity contribution is 1.05. The average molecular weight is 528 g/mol. The Morgan fingerprint density at radius 3 is 1.63 bits per heavy atom. The van der Waals surface area contributed by atoms with Crippen molar-refractivity contribution in [1.29, 1.82) is 0 Å². The summed E-state index contributed by atoms with van der Waals surface area (Å²) in [6, 6.07) is 41.5. The van der Waals surface area contributed by atoms with Gasteiger partial charge in [0.25, 0.3) is 0 Å². The molecule has 0 fully saturated rings. The van der Waals surface area contributed by atoms with Crippen LogP contribution in [-0.2, 0) is 0 Å². The van der Waals surface area contributed by atoms with E-state index in [1.165, 1.54) is 27.5 Å². The van der Waals surface area contributed by atoms with Gasteiger partial charge in [0.15, 0.2) is 17.5 Å². The molecule has 0 atom stereocenters. The molecule has 7 rings (SSSR count). The third-order valence-electron chi connectivity index (χ3n) is 7.20. The lowest BCUT2D eigenvalue weighted by Crippen LogP contribution is -2.02. The minimum absolute atomic E-state index is 0.516. The molecule has 3 aromatic heterocycles. The van der Waals surface area contributed by atoms with Gasteiger partial charge in [0, 0.05) is 18.0 Å². The molecule has 5 heteroatoms. The number of fused-ring (bicyclic) bond motifs is 1. The number of hydrogen-bond donors (Lipinski definition) is 0. The van der Waals surface area contributed by atoms with E-state index in [9.17, 15) is 0 Å². The van der Waals surface area contributed by atoms with Crippen molar-refractivity contribution in [2.75, 3.05) is 0 Å². The van der Waals surface area contributed by atoms with Crippen molar-refractivity contribution in [3.63, 3.8) is 0 Å². The Morgan fingerprint density at radius 2 is 1.00 bits per heavy atom. The fraction of sp³-hybridized carbons (Fsp3) is 0.0278. The number of benzene rings is 4. The molecule has 4 aromatic carbocycles. The minimum atomic E-state index is 0.516. The van der Waals surface area contributed by atoms with Crippen molar-refractivity contribution in [2.45, 2.75) is 6.92 Å². The van der Waals surface area contributed by atoms with Gasteiger partial charge in [-0.3, -0.25) is 9.97 Å². The third kappa shape index (κ3) is 4.85. The molecule has 3 heterocycles. The first-order valence-corrected chi connectivity index (χ1v) is 13.5. The van der Waals surface area contributed by atoms with Crippen molar-refractivity contribution >= 4 is 10.8 Å². The van der Waals surface area contributed by atoms with Crippen molar-refractivity contribution in [2.24, 2.45) is 0 Å². The predicted octanol–water partition coefficient (Wildman–Crippen LogP) is 8.46. The zero-order valence-electron chi connectivity index (χ0n) is 22.4. The second-order valence-corrected chi connectivity index (χ2v) is 9.87. The summed E-state index contributed by atoms with van der Waals surface area (Å²) in [6.45, 7) is 2.12. The molecule has 41 heavy (non-hydrogen) atoms. The fourth-order valence-corrected chi connectivity index (χ4v) is 5.16. The molecule has 0 aliphatic rings. The first-order chi connectivity index (χ1) is 20.2. The maximum atomic E-state index is 4.80. The number of aryl methyl sites for hydroxylation is 1. The second-order valence-electron chi connectivity index (χ2n) is 9.87. The monoisotopic (exact) mass is 527 g/mol. The summed E-state index contributed by atoms with van der Waals surface area (Å²) in [7, 11) is 0. The van der Waals surface area contributed by atoms with Gasteiger partial charge in [-0.15, -0.1) is 0 Å². The Kier molecular flexibility index (Phi) is 6.30. The zero-order valence-corrected chi connectivity index (χ0v) is 22.4. The fourth-order valence-electron chi connectivity index (χ4n) is 5.16. The summed E-state index contributed by atoms with van der Waals surface area (Å²) >= 11 is 0. The predicted molar refractivity (Wildman–Crippen MR) is 165 cm³/mol. The van der Waals surface area contributed by atoms with E-state index in [-0.39, 0.29) is 0 Å². The maximum Gasteiger partial charge on any atom is 0.182 e. The summed E-state index contributed by atoms with van der Waals surface area (Å²) in [4.78, 5) is 23.2. The summed E-state index contributed by atoms with van der Waals surface area (Å²) in [6.07, 6.45) is 3.48. The van der Waals surface area contributed by atoms with E-state index < -0.39 is 0 Å². The molecule has 0 unspecified atom stereocenters. The molecule has 194 valence electrons. The molecule has 0 N–H and O–H groups in total. The number of hydrogen-bond acceptors (Lipinski definition) is 5. The van der Waals surface area contributed by atoms with Crippen LogP contribution in [0.1, 0.15) is 5.56 Å². The van der Waals surface area contributed by atoms with Crippen molar-refractivity contribution in [1.82, 2.24) is 24.9 Å². The van der Waals surface area contributed by atoms with Gasteiger partial charge < -0.3 is 0 Å². The Morgan fingerprint density at radius 1 is 0.439 bits per heavy atom. The summed E-state index contributed by atoms with van der Waals surface area (Å²) < 4.78 is 0. The molecule has 0 bridgehead atoms. The van der Waals surface area contributed by atoms with Crippen LogP contribution in [0.5, 0.6) is 0 Å². The Balaban J connectivity index is 1.25. The lowest BCUT2D eigenvalue weighted by atomic mass is 9.94. The number of aromatic nitrogens is 5. The summed E-state index contributed by atoms with van der Waals surface area (Å²) in [5.41, 5.74) is 8.20. The van der Waals surface area contributed by atoms with Gasteiger partial charge in [-0.05, 0) is 75.8 Å². The normalized spacial score (nSPS) is 11.0. The molecule has 0 amide bonds. The van der Waals surface area contributed by atoms with Gasteiger partial charge in [-0.25, -0.2) is 15.0 Å². The average Bonchev–Trinajstić information content (AvgIpc) is 3.05. The highest BCUT2D eigenvalue weighted by Gasteiger charge is 2.14. The van der Waals surface area contributed by atoms with Gasteiger partial charge >= 0.3 is 0 Å². The van der Waals surface area contributed by atoms with Crippen LogP contribution in [0.2, 0.25) is 0 Å². The Bertz CT molecular complexity index is 1920. The molecule has 0 spiro atoms. The van der Waals surface area contributed by atoms with Crippen LogP contribution in [0.4, 0.5) is 0 Å². The molecule has 0 aliphatic heterocycles. The first-order valence-electron chi connectivity index (χ1n) is 13.5. The zero-order chi connectivity index (χ0) is 27.6. The van der Waals surface area contributed by atoms with E-state index in [0.717, 1.165) is 16.7 Å². The smallest absolute Gasteiger partial charge is 0.182 e. The van der Waals surface area contributed by atoms with E-state index in [1.807, 2.05) is 36.4 Å². The van der Waals surface area contributed by atoms with Crippen LogP contribution < -0.4 is 0 Å². The van der Waals surface area contributed by atoms with E-state index in [2.05, 4.69) is 102 Å². The van der Waals surface area contributed by atoms with Crippen LogP contribution in [-0.4, -0.2) is 24.9 Å². The molecule has 0 aliphatic carbocycles. The first kappa shape index (κ1) is 24.5. The number of nitrogens with zero attached hydrogens (tertiary/aromatic N) is 5. The Labute approximate surface area is 238 Å². The molecule has 0 radical (unpaired) electrons. The summed E-state index contributed by atoms with van der Waals surface area (Å²) in [5.74, 6) is 1.62. The SMILES string of the molecule is Cc1cc(-c2nc(-c3ccccn3)nc(-c3ccccn3)n2)ccc1-c1ccc(-c2cccc3ccccc23)cc1. The highest BCUT2D eigenvalue weighted by atomic mass is 15.1. The van der Waals surface area contributed by atoms with Gasteiger partial charge in [0.1, 0.15) is 11.4 Å². The highest BCUT2D eigenvalue weighted by molar-refractivity contribution is 5.96. The molecule has 5 nitrogen and oxygen atoms in total. The molecular weight excluding hydrogens is 502 g/mol. The third-order valence-corrected chi connectivity index (χ3v) is 7.20. The minimum Gasteiger partial charge on any atom is -0.253 e. The van der Waals surface area contributed by atoms with Crippen LogP contribution in [0, 0.1) is 6.92 Å².